The molecule has 3 aromatic rings. The average Bonchev–Trinajstić information content (AvgIpc) is 3.01. The third kappa shape index (κ3) is 2.82. The van der Waals surface area contributed by atoms with E-state index >= 15 is 0 Å². The predicted molar refractivity (Wildman–Crippen MR) is 96.4 cm³/mol. The summed E-state index contributed by atoms with van der Waals surface area (Å²) in [6.07, 6.45) is 7.88. The van der Waals surface area contributed by atoms with Gasteiger partial charge in [0.2, 0.25) is 0 Å². The lowest BCUT2D eigenvalue weighted by Crippen LogP contribution is -2.30. The third-order valence-corrected chi connectivity index (χ3v) is 4.79. The number of aromatic amines is 1. The minimum Gasteiger partial charge on any atom is -0.361 e. The van der Waals surface area contributed by atoms with E-state index in [0.29, 0.717) is 6.04 Å². The molecule has 1 aliphatic heterocycles. The van der Waals surface area contributed by atoms with Crippen LogP contribution in [0.25, 0.3) is 10.9 Å². The van der Waals surface area contributed by atoms with Crippen molar-refractivity contribution in [3.63, 3.8) is 0 Å². The van der Waals surface area contributed by atoms with E-state index in [1.807, 2.05) is 0 Å². The van der Waals surface area contributed by atoms with Crippen LogP contribution in [0.3, 0.4) is 0 Å². The number of rotatable bonds is 3. The van der Waals surface area contributed by atoms with Gasteiger partial charge >= 0.3 is 0 Å². The molecule has 1 atom stereocenters. The molecule has 4 rings (SSSR count). The SMILES string of the molecule is Cc1ccc(CN2CC=CCC2c2c[nH]c3ccccc23)cc1. The molecule has 0 amide bonds. The van der Waals surface area contributed by atoms with Crippen LogP contribution >= 0.6 is 0 Å². The number of benzene rings is 2. The molecule has 1 unspecified atom stereocenters. The fraction of sp³-hybridized carbons (Fsp3) is 0.238. The highest BCUT2D eigenvalue weighted by Gasteiger charge is 2.23. The largest absolute Gasteiger partial charge is 0.361 e. The monoisotopic (exact) mass is 302 g/mol. The zero-order chi connectivity index (χ0) is 15.6. The first-order valence-electron chi connectivity index (χ1n) is 8.32. The number of nitrogens with zero attached hydrogens (tertiary/aromatic N) is 1. The van der Waals surface area contributed by atoms with Crippen LogP contribution < -0.4 is 0 Å². The number of H-pyrrole nitrogens is 1. The van der Waals surface area contributed by atoms with Gasteiger partial charge in [-0.05, 0) is 30.5 Å². The second-order valence-corrected chi connectivity index (χ2v) is 6.43. The van der Waals surface area contributed by atoms with Crippen molar-refractivity contribution in [3.8, 4) is 0 Å². The van der Waals surface area contributed by atoms with Crippen molar-refractivity contribution >= 4 is 10.9 Å². The van der Waals surface area contributed by atoms with Crippen molar-refractivity contribution in [1.82, 2.24) is 9.88 Å². The van der Waals surface area contributed by atoms with Gasteiger partial charge in [-0.15, -0.1) is 0 Å². The van der Waals surface area contributed by atoms with Gasteiger partial charge < -0.3 is 4.98 Å². The van der Waals surface area contributed by atoms with Crippen molar-refractivity contribution in [3.05, 3.63) is 83.6 Å². The first-order chi connectivity index (χ1) is 11.3. The average molecular weight is 302 g/mol. The van der Waals surface area contributed by atoms with Gasteiger partial charge in [0.25, 0.3) is 0 Å². The summed E-state index contributed by atoms with van der Waals surface area (Å²) in [4.78, 5) is 6.00. The summed E-state index contributed by atoms with van der Waals surface area (Å²) in [7, 11) is 0. The fourth-order valence-corrected chi connectivity index (χ4v) is 3.51. The lowest BCUT2D eigenvalue weighted by Gasteiger charge is -2.33. The van der Waals surface area contributed by atoms with Gasteiger partial charge in [0.1, 0.15) is 0 Å². The Labute approximate surface area is 137 Å². The van der Waals surface area contributed by atoms with Crippen molar-refractivity contribution < 1.29 is 0 Å². The summed E-state index contributed by atoms with van der Waals surface area (Å²) in [5.41, 5.74) is 5.35. The first-order valence-corrected chi connectivity index (χ1v) is 8.32. The van der Waals surface area contributed by atoms with E-state index < -0.39 is 0 Å². The quantitative estimate of drug-likeness (QED) is 0.676. The lowest BCUT2D eigenvalue weighted by atomic mass is 9.97. The van der Waals surface area contributed by atoms with Gasteiger partial charge in [0, 0.05) is 36.2 Å². The van der Waals surface area contributed by atoms with Crippen LogP contribution in [-0.2, 0) is 6.54 Å². The number of hydrogen-bond donors (Lipinski definition) is 1. The Balaban J connectivity index is 1.65. The summed E-state index contributed by atoms with van der Waals surface area (Å²) in [5.74, 6) is 0. The van der Waals surface area contributed by atoms with Gasteiger partial charge in [-0.25, -0.2) is 0 Å². The lowest BCUT2D eigenvalue weighted by molar-refractivity contribution is 0.203. The van der Waals surface area contributed by atoms with Gasteiger partial charge in [-0.2, -0.15) is 0 Å². The summed E-state index contributed by atoms with van der Waals surface area (Å²) in [5, 5.41) is 1.35. The number of fused-ring (bicyclic) bond motifs is 1. The van der Waals surface area contributed by atoms with E-state index in [-0.39, 0.29) is 0 Å². The summed E-state index contributed by atoms with van der Waals surface area (Å²) < 4.78 is 0. The Hall–Kier alpha value is -2.32. The normalized spacial score (nSPS) is 18.6. The Morgan fingerprint density at radius 2 is 1.87 bits per heavy atom. The Kier molecular flexibility index (Phi) is 3.76. The number of hydrogen-bond acceptors (Lipinski definition) is 1. The smallest absolute Gasteiger partial charge is 0.0457 e. The molecule has 1 aliphatic rings. The van der Waals surface area contributed by atoms with Gasteiger partial charge in [0.05, 0.1) is 0 Å². The molecule has 2 aromatic carbocycles. The molecule has 2 heterocycles. The summed E-state index contributed by atoms with van der Waals surface area (Å²) in [6, 6.07) is 17.9. The van der Waals surface area contributed by atoms with E-state index in [9.17, 15) is 0 Å². The van der Waals surface area contributed by atoms with Crippen LogP contribution in [-0.4, -0.2) is 16.4 Å². The number of aromatic nitrogens is 1. The maximum atomic E-state index is 3.43. The van der Waals surface area contributed by atoms with Crippen LogP contribution in [0.2, 0.25) is 0 Å². The minimum atomic E-state index is 0.442. The number of para-hydroxylation sites is 1. The fourth-order valence-electron chi connectivity index (χ4n) is 3.51. The van der Waals surface area contributed by atoms with Crippen LogP contribution in [0.15, 0.2) is 66.9 Å². The van der Waals surface area contributed by atoms with Crippen molar-refractivity contribution in [1.29, 1.82) is 0 Å². The molecule has 2 nitrogen and oxygen atoms in total. The van der Waals surface area contributed by atoms with E-state index in [1.165, 1.54) is 27.6 Å². The van der Waals surface area contributed by atoms with Gasteiger partial charge in [-0.3, -0.25) is 4.90 Å². The van der Waals surface area contributed by atoms with E-state index in [1.54, 1.807) is 0 Å². The second-order valence-electron chi connectivity index (χ2n) is 6.43. The zero-order valence-corrected chi connectivity index (χ0v) is 13.5. The van der Waals surface area contributed by atoms with Crippen LogP contribution in [0, 0.1) is 6.92 Å². The van der Waals surface area contributed by atoms with E-state index in [4.69, 9.17) is 0 Å². The molecule has 0 aliphatic carbocycles. The molecule has 0 fully saturated rings. The molecule has 116 valence electrons. The van der Waals surface area contributed by atoms with Crippen molar-refractivity contribution in [2.45, 2.75) is 25.9 Å². The summed E-state index contributed by atoms with van der Waals surface area (Å²) in [6.45, 7) is 4.15. The molecule has 23 heavy (non-hydrogen) atoms. The standard InChI is InChI=1S/C21H22N2/c1-16-9-11-17(12-10-16)15-23-13-5-4-8-21(23)19-14-22-20-7-3-2-6-18(19)20/h2-7,9-12,14,21-22H,8,13,15H2,1H3. The Morgan fingerprint density at radius 3 is 2.74 bits per heavy atom. The number of aryl methyl sites for hydroxylation is 1. The predicted octanol–water partition coefficient (Wildman–Crippen LogP) is 4.98. The highest BCUT2D eigenvalue weighted by molar-refractivity contribution is 5.83. The first kappa shape index (κ1) is 14.3. The van der Waals surface area contributed by atoms with Crippen molar-refractivity contribution in [2.75, 3.05) is 6.54 Å². The molecule has 0 saturated carbocycles. The van der Waals surface area contributed by atoms with Crippen LogP contribution in [0.4, 0.5) is 0 Å². The van der Waals surface area contributed by atoms with E-state index in [0.717, 1.165) is 19.5 Å². The molecular formula is C21H22N2. The molecule has 1 N–H and O–H groups in total. The van der Waals surface area contributed by atoms with Crippen molar-refractivity contribution in [2.24, 2.45) is 0 Å². The molecule has 0 spiro atoms. The highest BCUT2D eigenvalue weighted by atomic mass is 15.2. The molecule has 0 bridgehead atoms. The zero-order valence-electron chi connectivity index (χ0n) is 13.5. The number of nitrogens with one attached hydrogen (secondary N) is 1. The third-order valence-electron chi connectivity index (χ3n) is 4.79. The van der Waals surface area contributed by atoms with E-state index in [2.05, 4.69) is 83.7 Å². The maximum Gasteiger partial charge on any atom is 0.0457 e. The Morgan fingerprint density at radius 1 is 1.04 bits per heavy atom. The topological polar surface area (TPSA) is 19.0 Å². The second kappa shape index (κ2) is 6.05. The van der Waals surface area contributed by atoms with Crippen LogP contribution in [0.1, 0.15) is 29.2 Å². The summed E-state index contributed by atoms with van der Waals surface area (Å²) >= 11 is 0. The van der Waals surface area contributed by atoms with Crippen LogP contribution in [0.5, 0.6) is 0 Å². The molecular weight excluding hydrogens is 280 g/mol. The molecule has 0 saturated heterocycles. The molecule has 2 heteroatoms. The Bertz CT molecular complexity index is 826. The van der Waals surface area contributed by atoms with Gasteiger partial charge in [0.15, 0.2) is 0 Å². The maximum absolute atomic E-state index is 3.43. The highest BCUT2D eigenvalue weighted by Crippen LogP contribution is 2.33. The van der Waals surface area contributed by atoms with Gasteiger partial charge in [-0.1, -0.05) is 60.2 Å². The molecule has 1 aromatic heterocycles. The minimum absolute atomic E-state index is 0.442. The molecule has 0 radical (unpaired) electrons.